The SMILES string of the molecule is Cc1ncc([B-](F)(F)F)cc1S(C)(=O)=O.[K+]. The fraction of sp³-hybridized carbons (Fsp3) is 0.286. The van der Waals surface area contributed by atoms with E-state index in [2.05, 4.69) is 4.98 Å². The second-order valence-electron chi connectivity index (χ2n) is 3.20. The number of pyridine rings is 1. The summed E-state index contributed by atoms with van der Waals surface area (Å²) in [4.78, 5) is 3.05. The van der Waals surface area contributed by atoms with E-state index in [1.54, 1.807) is 0 Å². The maximum Gasteiger partial charge on any atom is 1.00 e. The molecule has 3 nitrogen and oxygen atoms in total. The monoisotopic (exact) mass is 277 g/mol. The van der Waals surface area contributed by atoms with Gasteiger partial charge in [0.05, 0.1) is 10.6 Å². The molecule has 1 aromatic heterocycles. The van der Waals surface area contributed by atoms with Crippen molar-refractivity contribution >= 4 is 22.3 Å². The molecule has 0 aromatic carbocycles. The Morgan fingerprint density at radius 1 is 1.31 bits per heavy atom. The van der Waals surface area contributed by atoms with Gasteiger partial charge in [0.25, 0.3) is 0 Å². The number of hydrogen-bond donors (Lipinski definition) is 0. The van der Waals surface area contributed by atoms with Gasteiger partial charge in [-0.15, -0.1) is 0 Å². The summed E-state index contributed by atoms with van der Waals surface area (Å²) in [7, 11) is -3.67. The fourth-order valence-corrected chi connectivity index (χ4v) is 2.02. The van der Waals surface area contributed by atoms with Gasteiger partial charge < -0.3 is 12.9 Å². The number of rotatable bonds is 2. The fourth-order valence-electron chi connectivity index (χ4n) is 1.08. The number of aryl methyl sites for hydroxylation is 1. The molecule has 1 aromatic rings. The molecule has 0 saturated heterocycles. The van der Waals surface area contributed by atoms with Gasteiger partial charge in [0, 0.05) is 12.5 Å². The molecule has 1 heterocycles. The molecule has 0 saturated carbocycles. The van der Waals surface area contributed by atoms with E-state index in [9.17, 15) is 21.4 Å². The van der Waals surface area contributed by atoms with Gasteiger partial charge >= 0.3 is 58.4 Å². The van der Waals surface area contributed by atoms with Gasteiger partial charge in [-0.3, -0.25) is 4.98 Å². The first-order chi connectivity index (χ1) is 6.62. The predicted molar refractivity (Wildman–Crippen MR) is 50.8 cm³/mol. The minimum absolute atomic E-state index is 0. The van der Waals surface area contributed by atoms with E-state index in [0.29, 0.717) is 12.3 Å². The molecule has 84 valence electrons. The second-order valence-corrected chi connectivity index (χ2v) is 5.18. The van der Waals surface area contributed by atoms with Gasteiger partial charge in [0.1, 0.15) is 0 Å². The quantitative estimate of drug-likeness (QED) is 0.579. The summed E-state index contributed by atoms with van der Waals surface area (Å²) in [6, 6.07) is 0.623. The maximum absolute atomic E-state index is 12.3. The maximum atomic E-state index is 12.3. The van der Waals surface area contributed by atoms with Gasteiger partial charge in [0.2, 0.25) is 0 Å². The van der Waals surface area contributed by atoms with Crippen molar-refractivity contribution in [1.82, 2.24) is 4.98 Å². The number of aromatic nitrogens is 1. The van der Waals surface area contributed by atoms with E-state index in [-0.39, 0.29) is 62.0 Å². The molecule has 9 heteroatoms. The van der Waals surface area contributed by atoms with Gasteiger partial charge in [0.15, 0.2) is 9.84 Å². The average molecular weight is 277 g/mol. The minimum Gasteiger partial charge on any atom is -0.445 e. The predicted octanol–water partition coefficient (Wildman–Crippen LogP) is -2.15. The largest absolute Gasteiger partial charge is 1.00 e. The molecule has 0 aliphatic heterocycles. The van der Waals surface area contributed by atoms with Gasteiger partial charge in [-0.25, -0.2) is 8.42 Å². The van der Waals surface area contributed by atoms with E-state index in [1.807, 2.05) is 0 Å². The third kappa shape index (κ3) is 4.12. The summed E-state index contributed by atoms with van der Waals surface area (Å²) in [5.74, 6) is 0. The van der Waals surface area contributed by atoms with Crippen molar-refractivity contribution in [3.05, 3.63) is 18.0 Å². The molecule has 0 aliphatic carbocycles. The van der Waals surface area contributed by atoms with Crippen molar-refractivity contribution in [2.45, 2.75) is 11.8 Å². The van der Waals surface area contributed by atoms with Crippen LogP contribution < -0.4 is 56.8 Å². The van der Waals surface area contributed by atoms with E-state index >= 15 is 0 Å². The van der Waals surface area contributed by atoms with Crippen LogP contribution in [0.15, 0.2) is 17.2 Å². The Labute approximate surface area is 134 Å². The zero-order valence-electron chi connectivity index (χ0n) is 9.04. The van der Waals surface area contributed by atoms with Crippen LogP contribution in [-0.2, 0) is 9.84 Å². The summed E-state index contributed by atoms with van der Waals surface area (Å²) < 4.78 is 59.2. The van der Waals surface area contributed by atoms with Crippen LogP contribution in [0.25, 0.3) is 0 Å². The van der Waals surface area contributed by atoms with Crippen LogP contribution in [0, 0.1) is 6.92 Å². The normalized spacial score (nSPS) is 12.1. The number of halogens is 3. The first-order valence-electron chi connectivity index (χ1n) is 3.99. The number of nitrogens with zero attached hydrogens (tertiary/aromatic N) is 1. The second kappa shape index (κ2) is 5.49. The Balaban J connectivity index is 0.00000225. The van der Waals surface area contributed by atoms with Gasteiger partial charge in [-0.2, -0.15) is 0 Å². The van der Waals surface area contributed by atoms with E-state index in [0.717, 1.165) is 6.26 Å². The van der Waals surface area contributed by atoms with E-state index in [1.165, 1.54) is 6.92 Å². The van der Waals surface area contributed by atoms with Crippen LogP contribution in [0.1, 0.15) is 5.69 Å². The summed E-state index contributed by atoms with van der Waals surface area (Å²) in [6.07, 6.45) is 1.49. The summed E-state index contributed by atoms with van der Waals surface area (Å²) in [6.45, 7) is -3.87. The number of hydrogen-bond acceptors (Lipinski definition) is 3. The van der Waals surface area contributed by atoms with E-state index in [4.69, 9.17) is 0 Å². The molecule has 0 radical (unpaired) electrons. The molecular formula is C7H8BF3KNO2S. The van der Waals surface area contributed by atoms with Gasteiger partial charge in [-0.1, -0.05) is 11.5 Å². The van der Waals surface area contributed by atoms with Crippen molar-refractivity contribution in [1.29, 1.82) is 0 Å². The van der Waals surface area contributed by atoms with Crippen LogP contribution in [-0.4, -0.2) is 26.6 Å². The third-order valence-electron chi connectivity index (χ3n) is 1.84. The van der Waals surface area contributed by atoms with Gasteiger partial charge in [-0.05, 0) is 6.92 Å². The zero-order chi connectivity index (χ0) is 11.9. The Morgan fingerprint density at radius 2 is 1.81 bits per heavy atom. The van der Waals surface area contributed by atoms with Crippen LogP contribution in [0.5, 0.6) is 0 Å². The number of sulfone groups is 1. The molecule has 0 spiro atoms. The topological polar surface area (TPSA) is 47.0 Å². The third-order valence-corrected chi connectivity index (χ3v) is 3.05. The van der Waals surface area contributed by atoms with Crippen molar-refractivity contribution in [2.75, 3.05) is 6.26 Å². The van der Waals surface area contributed by atoms with Crippen LogP contribution in [0.4, 0.5) is 12.9 Å². The van der Waals surface area contributed by atoms with Crippen molar-refractivity contribution in [3.8, 4) is 0 Å². The summed E-state index contributed by atoms with van der Waals surface area (Å²) >= 11 is 0. The Morgan fingerprint density at radius 3 is 2.19 bits per heavy atom. The minimum atomic E-state index is -5.22. The van der Waals surface area contributed by atoms with Crippen molar-refractivity contribution in [2.24, 2.45) is 0 Å². The molecule has 0 atom stereocenters. The van der Waals surface area contributed by atoms with Crippen molar-refractivity contribution < 1.29 is 72.7 Å². The average Bonchev–Trinajstić information content (AvgIpc) is 2.00. The molecule has 0 N–H and O–H groups in total. The van der Waals surface area contributed by atoms with Crippen LogP contribution >= 0.6 is 0 Å². The first kappa shape index (κ1) is 16.6. The summed E-state index contributed by atoms with van der Waals surface area (Å²) in [5, 5.41) is 0. The molecule has 0 fully saturated rings. The molecule has 0 bridgehead atoms. The summed E-state index contributed by atoms with van der Waals surface area (Å²) in [5.41, 5.74) is -0.928. The molecule has 1 rings (SSSR count). The standard InChI is InChI=1S/C7H8BF3NO2S.K/c1-5-7(15(2,13)14)3-6(4-12-5)8(9,10)11;/h3-4H,1-2H3;/q-1;+1. The Bertz CT molecular complexity index is 489. The van der Waals surface area contributed by atoms with Crippen LogP contribution in [0.3, 0.4) is 0 Å². The molecule has 0 unspecified atom stereocenters. The molecule has 0 amide bonds. The van der Waals surface area contributed by atoms with E-state index < -0.39 is 22.3 Å². The molecule has 16 heavy (non-hydrogen) atoms. The zero-order valence-corrected chi connectivity index (χ0v) is 13.0. The van der Waals surface area contributed by atoms with Crippen molar-refractivity contribution in [3.63, 3.8) is 0 Å². The Kier molecular flexibility index (Phi) is 5.69. The Hall–Kier alpha value is 0.591. The first-order valence-corrected chi connectivity index (χ1v) is 5.88. The van der Waals surface area contributed by atoms with Crippen LogP contribution in [0.2, 0.25) is 0 Å². The smallest absolute Gasteiger partial charge is 0.445 e. The molecular weight excluding hydrogens is 269 g/mol. The molecule has 0 aliphatic rings.